The van der Waals surface area contributed by atoms with Crippen LogP contribution in [0, 0.1) is 6.92 Å². The van der Waals surface area contributed by atoms with Gasteiger partial charge in [0.2, 0.25) is 5.89 Å². The van der Waals surface area contributed by atoms with Crippen molar-refractivity contribution in [1.82, 2.24) is 9.97 Å². The molecule has 0 aliphatic heterocycles. The first-order chi connectivity index (χ1) is 14.7. The van der Waals surface area contributed by atoms with Gasteiger partial charge in [-0.2, -0.15) is 4.98 Å². The molecule has 0 radical (unpaired) electrons. The topological polar surface area (TPSA) is 77.2 Å². The molecular weight excluding hydrogens is 378 g/mol. The van der Waals surface area contributed by atoms with Crippen LogP contribution in [0.4, 0.5) is 5.69 Å². The molecule has 6 nitrogen and oxygen atoms in total. The zero-order valence-electron chi connectivity index (χ0n) is 17.0. The van der Waals surface area contributed by atoms with Crippen LogP contribution in [-0.2, 0) is 0 Å². The number of oxazole rings is 1. The SMILES string of the molecule is CCCCOc1ccc(C(=O)Nc2cccc(-c3nc4ncccc4o3)c2C)cc1. The molecule has 2 aromatic heterocycles. The molecule has 6 heteroatoms. The number of hydrogen-bond donors (Lipinski definition) is 1. The number of amides is 1. The Balaban J connectivity index is 1.52. The smallest absolute Gasteiger partial charge is 0.255 e. The number of pyridine rings is 1. The molecule has 0 saturated carbocycles. The number of rotatable bonds is 7. The lowest BCUT2D eigenvalue weighted by Gasteiger charge is -2.11. The van der Waals surface area contributed by atoms with E-state index < -0.39 is 0 Å². The molecule has 1 N–H and O–H groups in total. The summed E-state index contributed by atoms with van der Waals surface area (Å²) >= 11 is 0. The highest BCUT2D eigenvalue weighted by molar-refractivity contribution is 6.05. The molecule has 152 valence electrons. The van der Waals surface area contributed by atoms with E-state index in [-0.39, 0.29) is 5.91 Å². The summed E-state index contributed by atoms with van der Waals surface area (Å²) < 4.78 is 11.5. The number of nitrogens with zero attached hydrogens (tertiary/aromatic N) is 2. The Morgan fingerprint density at radius 3 is 2.70 bits per heavy atom. The molecule has 0 spiro atoms. The monoisotopic (exact) mass is 401 g/mol. The summed E-state index contributed by atoms with van der Waals surface area (Å²) in [6, 6.07) is 16.4. The van der Waals surface area contributed by atoms with Gasteiger partial charge in [-0.25, -0.2) is 4.98 Å². The van der Waals surface area contributed by atoms with Gasteiger partial charge < -0.3 is 14.5 Å². The van der Waals surface area contributed by atoms with Crippen LogP contribution in [0.1, 0.15) is 35.7 Å². The third kappa shape index (κ3) is 4.17. The summed E-state index contributed by atoms with van der Waals surface area (Å²) in [7, 11) is 0. The number of anilines is 1. The summed E-state index contributed by atoms with van der Waals surface area (Å²) in [5.41, 5.74) is 4.14. The highest BCUT2D eigenvalue weighted by Gasteiger charge is 2.15. The van der Waals surface area contributed by atoms with Crippen LogP contribution in [0.25, 0.3) is 22.7 Å². The van der Waals surface area contributed by atoms with Crippen molar-refractivity contribution < 1.29 is 13.9 Å². The molecule has 30 heavy (non-hydrogen) atoms. The maximum Gasteiger partial charge on any atom is 0.255 e. The molecular formula is C24H23N3O3. The van der Waals surface area contributed by atoms with E-state index in [1.165, 1.54) is 0 Å². The summed E-state index contributed by atoms with van der Waals surface area (Å²) in [4.78, 5) is 21.4. The van der Waals surface area contributed by atoms with E-state index in [4.69, 9.17) is 9.15 Å². The fourth-order valence-electron chi connectivity index (χ4n) is 3.12. The summed E-state index contributed by atoms with van der Waals surface area (Å²) in [6.07, 6.45) is 3.77. The number of hydrogen-bond acceptors (Lipinski definition) is 5. The van der Waals surface area contributed by atoms with Crippen LogP contribution in [0.15, 0.2) is 65.2 Å². The standard InChI is InChI=1S/C24H23N3O3/c1-3-4-15-29-18-12-10-17(11-13-18)23(28)26-20-8-5-7-19(16(20)2)24-27-22-21(30-24)9-6-14-25-22/h5-14H,3-4,15H2,1-2H3,(H,26,28). The predicted molar refractivity (Wildman–Crippen MR) is 117 cm³/mol. The van der Waals surface area contributed by atoms with Crippen molar-refractivity contribution in [1.29, 1.82) is 0 Å². The van der Waals surface area contributed by atoms with Crippen LogP contribution in [0.3, 0.4) is 0 Å². The van der Waals surface area contributed by atoms with E-state index in [9.17, 15) is 4.79 Å². The zero-order valence-corrected chi connectivity index (χ0v) is 17.0. The number of unbranched alkanes of at least 4 members (excludes halogenated alkanes) is 1. The lowest BCUT2D eigenvalue weighted by Crippen LogP contribution is -2.13. The number of carbonyl (C=O) groups excluding carboxylic acids is 1. The Hall–Kier alpha value is -3.67. The molecule has 0 aliphatic carbocycles. The lowest BCUT2D eigenvalue weighted by molar-refractivity contribution is 0.102. The van der Waals surface area contributed by atoms with Gasteiger partial charge in [0.1, 0.15) is 5.75 Å². The van der Waals surface area contributed by atoms with Crippen molar-refractivity contribution in [2.24, 2.45) is 0 Å². The van der Waals surface area contributed by atoms with Crippen LogP contribution in [0.2, 0.25) is 0 Å². The number of nitrogens with one attached hydrogen (secondary N) is 1. The van der Waals surface area contributed by atoms with Crippen LogP contribution < -0.4 is 10.1 Å². The van der Waals surface area contributed by atoms with Crippen molar-refractivity contribution in [3.05, 3.63) is 71.9 Å². The minimum Gasteiger partial charge on any atom is -0.494 e. The summed E-state index contributed by atoms with van der Waals surface area (Å²) in [5, 5.41) is 2.98. The van der Waals surface area contributed by atoms with Crippen molar-refractivity contribution in [3.8, 4) is 17.2 Å². The van der Waals surface area contributed by atoms with Crippen molar-refractivity contribution in [2.75, 3.05) is 11.9 Å². The fourth-order valence-corrected chi connectivity index (χ4v) is 3.12. The summed E-state index contributed by atoms with van der Waals surface area (Å²) in [5.74, 6) is 1.06. The fraction of sp³-hybridized carbons (Fsp3) is 0.208. The quantitative estimate of drug-likeness (QED) is 0.406. The van der Waals surface area contributed by atoms with Crippen molar-refractivity contribution >= 4 is 22.8 Å². The highest BCUT2D eigenvalue weighted by Crippen LogP contribution is 2.30. The maximum atomic E-state index is 12.7. The highest BCUT2D eigenvalue weighted by atomic mass is 16.5. The molecule has 0 atom stereocenters. The molecule has 0 fully saturated rings. The molecule has 1 amide bonds. The Labute approximate surface area is 174 Å². The van der Waals surface area contributed by atoms with Gasteiger partial charge in [-0.15, -0.1) is 0 Å². The second kappa shape index (κ2) is 8.78. The first-order valence-electron chi connectivity index (χ1n) is 10.0. The van der Waals surface area contributed by atoms with E-state index in [0.29, 0.717) is 35.0 Å². The molecule has 0 aliphatic rings. The van der Waals surface area contributed by atoms with E-state index in [0.717, 1.165) is 29.7 Å². The summed E-state index contributed by atoms with van der Waals surface area (Å²) in [6.45, 7) is 4.73. The second-order valence-corrected chi connectivity index (χ2v) is 7.00. The zero-order chi connectivity index (χ0) is 20.9. The van der Waals surface area contributed by atoms with Gasteiger partial charge in [0, 0.05) is 23.0 Å². The molecule has 4 aromatic rings. The molecule has 2 aromatic carbocycles. The van der Waals surface area contributed by atoms with Crippen molar-refractivity contribution in [3.63, 3.8) is 0 Å². The van der Waals surface area contributed by atoms with E-state index in [2.05, 4.69) is 22.2 Å². The molecule has 0 bridgehead atoms. The largest absolute Gasteiger partial charge is 0.494 e. The van der Waals surface area contributed by atoms with Crippen LogP contribution in [-0.4, -0.2) is 22.5 Å². The predicted octanol–water partition coefficient (Wildman–Crippen LogP) is 5.63. The number of benzene rings is 2. The van der Waals surface area contributed by atoms with Gasteiger partial charge >= 0.3 is 0 Å². The molecule has 4 rings (SSSR count). The van der Waals surface area contributed by atoms with Gasteiger partial charge in [-0.05, 0) is 67.4 Å². The maximum absolute atomic E-state index is 12.7. The third-order valence-electron chi connectivity index (χ3n) is 4.86. The normalized spacial score (nSPS) is 10.9. The first kappa shape index (κ1) is 19.6. The van der Waals surface area contributed by atoms with Gasteiger partial charge in [0.25, 0.3) is 5.91 Å². The first-order valence-corrected chi connectivity index (χ1v) is 10.0. The average Bonchev–Trinajstić information content (AvgIpc) is 3.20. The van der Waals surface area contributed by atoms with Gasteiger partial charge in [-0.1, -0.05) is 19.4 Å². The van der Waals surface area contributed by atoms with E-state index in [1.807, 2.05) is 43.3 Å². The Kier molecular flexibility index (Phi) is 5.75. The molecule has 0 saturated heterocycles. The van der Waals surface area contributed by atoms with Gasteiger partial charge in [-0.3, -0.25) is 4.79 Å². The number of ether oxygens (including phenoxy) is 1. The van der Waals surface area contributed by atoms with Crippen molar-refractivity contribution in [2.45, 2.75) is 26.7 Å². The third-order valence-corrected chi connectivity index (χ3v) is 4.86. The lowest BCUT2D eigenvalue weighted by atomic mass is 10.1. The number of carbonyl (C=O) groups is 1. The average molecular weight is 401 g/mol. The Morgan fingerprint density at radius 1 is 1.10 bits per heavy atom. The minimum absolute atomic E-state index is 0.186. The Morgan fingerprint density at radius 2 is 1.93 bits per heavy atom. The van der Waals surface area contributed by atoms with E-state index in [1.54, 1.807) is 24.4 Å². The second-order valence-electron chi connectivity index (χ2n) is 7.00. The number of fused-ring (bicyclic) bond motifs is 1. The minimum atomic E-state index is -0.186. The molecule has 0 unspecified atom stereocenters. The van der Waals surface area contributed by atoms with Gasteiger partial charge in [0.15, 0.2) is 11.2 Å². The van der Waals surface area contributed by atoms with Gasteiger partial charge in [0.05, 0.1) is 6.61 Å². The van der Waals surface area contributed by atoms with Crippen LogP contribution >= 0.6 is 0 Å². The number of aromatic nitrogens is 2. The Bertz CT molecular complexity index is 1130. The van der Waals surface area contributed by atoms with Crippen LogP contribution in [0.5, 0.6) is 5.75 Å². The molecule has 2 heterocycles. The van der Waals surface area contributed by atoms with E-state index >= 15 is 0 Å².